The molecule has 1 atom stereocenters. The van der Waals surface area contributed by atoms with E-state index in [1.165, 1.54) is 0 Å². The summed E-state index contributed by atoms with van der Waals surface area (Å²) in [6.45, 7) is 5.61. The van der Waals surface area contributed by atoms with Crippen LogP contribution in [0.4, 0.5) is 0 Å². The summed E-state index contributed by atoms with van der Waals surface area (Å²) in [5, 5.41) is 11.2. The second-order valence-corrected chi connectivity index (χ2v) is 5.72. The zero-order chi connectivity index (χ0) is 16.8. The Morgan fingerprint density at radius 1 is 1.23 bits per heavy atom. The fourth-order valence-corrected chi connectivity index (χ4v) is 2.71. The molecule has 4 nitrogen and oxygen atoms in total. The van der Waals surface area contributed by atoms with Crippen LogP contribution in [0.1, 0.15) is 51.7 Å². The second-order valence-electron chi connectivity index (χ2n) is 4.90. The van der Waals surface area contributed by atoms with Crippen molar-refractivity contribution in [2.45, 2.75) is 51.9 Å². The van der Waals surface area contributed by atoms with Crippen molar-refractivity contribution >= 4 is 29.2 Å². The van der Waals surface area contributed by atoms with E-state index in [1.807, 2.05) is 0 Å². The fourth-order valence-electron chi connectivity index (χ4n) is 2.07. The van der Waals surface area contributed by atoms with Gasteiger partial charge in [-0.15, -0.1) is 0 Å². The van der Waals surface area contributed by atoms with E-state index in [9.17, 15) is 9.90 Å². The van der Waals surface area contributed by atoms with Gasteiger partial charge in [-0.2, -0.15) is 0 Å². The van der Waals surface area contributed by atoms with Crippen LogP contribution >= 0.6 is 23.2 Å². The molecule has 0 spiro atoms. The molecule has 0 amide bonds. The Morgan fingerprint density at radius 3 is 2.23 bits per heavy atom. The van der Waals surface area contributed by atoms with Crippen molar-refractivity contribution < 1.29 is 19.4 Å². The molecular weight excluding hydrogens is 327 g/mol. The topological polar surface area (TPSA) is 55.8 Å². The van der Waals surface area contributed by atoms with Crippen LogP contribution in [0.3, 0.4) is 0 Å². The van der Waals surface area contributed by atoms with Gasteiger partial charge in [-0.3, -0.25) is 4.79 Å². The maximum atomic E-state index is 11.8. The highest BCUT2D eigenvalue weighted by atomic mass is 35.5. The zero-order valence-electron chi connectivity index (χ0n) is 13.1. The Balaban J connectivity index is 3.13. The lowest BCUT2D eigenvalue weighted by Crippen LogP contribution is -2.33. The number of carbonyl (C=O) groups is 1. The van der Waals surface area contributed by atoms with Gasteiger partial charge in [0.15, 0.2) is 5.79 Å². The van der Waals surface area contributed by atoms with Crippen molar-refractivity contribution in [3.8, 4) is 0 Å². The molecule has 1 aromatic rings. The monoisotopic (exact) mass is 348 g/mol. The molecule has 0 bridgehead atoms. The van der Waals surface area contributed by atoms with Crippen molar-refractivity contribution in [1.29, 1.82) is 0 Å². The van der Waals surface area contributed by atoms with Gasteiger partial charge in [0, 0.05) is 15.6 Å². The number of halogens is 2. The molecule has 1 rings (SSSR count). The van der Waals surface area contributed by atoms with E-state index in [4.69, 9.17) is 32.7 Å². The van der Waals surface area contributed by atoms with Crippen LogP contribution in [0.15, 0.2) is 18.2 Å². The first kappa shape index (κ1) is 19.2. The molecule has 0 aromatic heterocycles. The van der Waals surface area contributed by atoms with E-state index in [0.717, 1.165) is 0 Å². The van der Waals surface area contributed by atoms with Crippen molar-refractivity contribution in [2.75, 3.05) is 6.61 Å². The molecule has 0 saturated heterocycles. The Bertz CT molecular complexity index is 481. The average Bonchev–Trinajstić information content (AvgIpc) is 2.47. The van der Waals surface area contributed by atoms with Crippen LogP contribution in [0.2, 0.25) is 10.0 Å². The van der Waals surface area contributed by atoms with Crippen molar-refractivity contribution in [1.82, 2.24) is 0 Å². The lowest BCUT2D eigenvalue weighted by atomic mass is 10.0. The molecule has 0 heterocycles. The normalized spacial score (nSPS) is 13.0. The highest BCUT2D eigenvalue weighted by Gasteiger charge is 2.32. The van der Waals surface area contributed by atoms with Gasteiger partial charge in [0.05, 0.1) is 19.1 Å². The van der Waals surface area contributed by atoms with E-state index in [0.29, 0.717) is 28.5 Å². The maximum absolute atomic E-state index is 11.8. The van der Waals surface area contributed by atoms with E-state index < -0.39 is 17.9 Å². The SMILES string of the molecule is CCOC(=O)CC(OC(O)(CC)CC)c1c(Cl)cccc1Cl. The molecule has 0 saturated carbocycles. The standard InChI is InChI=1S/C16H22Cl2O4/c1-4-16(20,5-2)22-13(10-14(19)21-6-3)15-11(17)8-7-9-12(15)18/h7-9,13,20H,4-6,10H2,1-3H3. The predicted molar refractivity (Wildman–Crippen MR) is 87.1 cm³/mol. The van der Waals surface area contributed by atoms with Gasteiger partial charge < -0.3 is 14.6 Å². The summed E-state index contributed by atoms with van der Waals surface area (Å²) in [4.78, 5) is 11.8. The van der Waals surface area contributed by atoms with Crippen LogP contribution in [0.5, 0.6) is 0 Å². The number of carbonyl (C=O) groups excluding carboxylic acids is 1. The highest BCUT2D eigenvalue weighted by molar-refractivity contribution is 6.36. The Kier molecular flexibility index (Phi) is 7.63. The maximum Gasteiger partial charge on any atom is 0.308 e. The molecular formula is C16H22Cl2O4. The van der Waals surface area contributed by atoms with Crippen LogP contribution in [0.25, 0.3) is 0 Å². The van der Waals surface area contributed by atoms with Crippen LogP contribution < -0.4 is 0 Å². The number of rotatable bonds is 8. The molecule has 22 heavy (non-hydrogen) atoms. The van der Waals surface area contributed by atoms with Crippen LogP contribution in [0, 0.1) is 0 Å². The van der Waals surface area contributed by atoms with Crippen molar-refractivity contribution in [3.05, 3.63) is 33.8 Å². The first-order valence-electron chi connectivity index (χ1n) is 7.36. The molecule has 0 aliphatic rings. The number of esters is 1. The molecule has 1 unspecified atom stereocenters. The van der Waals surface area contributed by atoms with Gasteiger partial charge in [-0.25, -0.2) is 0 Å². The third kappa shape index (κ3) is 5.13. The number of benzene rings is 1. The van der Waals surface area contributed by atoms with Gasteiger partial charge in [-0.05, 0) is 31.9 Å². The molecule has 0 radical (unpaired) electrons. The summed E-state index contributed by atoms with van der Waals surface area (Å²) in [5.74, 6) is -1.78. The highest BCUT2D eigenvalue weighted by Crippen LogP contribution is 2.37. The lowest BCUT2D eigenvalue weighted by Gasteiger charge is -2.31. The molecule has 1 N–H and O–H groups in total. The summed E-state index contributed by atoms with van der Waals surface area (Å²) in [6.07, 6.45) is -0.0831. The predicted octanol–water partition coefficient (Wildman–Crippen LogP) is 4.51. The molecule has 0 aliphatic carbocycles. The van der Waals surface area contributed by atoms with E-state index >= 15 is 0 Å². The van der Waals surface area contributed by atoms with E-state index in [1.54, 1.807) is 39.0 Å². The van der Waals surface area contributed by atoms with Gasteiger partial charge in [0.1, 0.15) is 0 Å². The largest absolute Gasteiger partial charge is 0.466 e. The number of aliphatic hydroxyl groups is 1. The average molecular weight is 349 g/mol. The molecule has 124 valence electrons. The zero-order valence-corrected chi connectivity index (χ0v) is 14.6. The minimum atomic E-state index is -1.35. The summed E-state index contributed by atoms with van der Waals surface area (Å²) in [5.41, 5.74) is 0.485. The Labute approximate surface area is 141 Å². The first-order valence-corrected chi connectivity index (χ1v) is 8.12. The number of hydrogen-bond acceptors (Lipinski definition) is 4. The van der Waals surface area contributed by atoms with Crippen molar-refractivity contribution in [2.24, 2.45) is 0 Å². The van der Waals surface area contributed by atoms with Gasteiger partial charge in [-0.1, -0.05) is 43.1 Å². The second kappa shape index (κ2) is 8.73. The van der Waals surface area contributed by atoms with Gasteiger partial charge in [0.2, 0.25) is 0 Å². The molecule has 6 heteroatoms. The third-order valence-electron chi connectivity index (χ3n) is 3.45. The Hall–Kier alpha value is -0.810. The summed E-state index contributed by atoms with van der Waals surface area (Å²) in [7, 11) is 0. The smallest absolute Gasteiger partial charge is 0.308 e. The summed E-state index contributed by atoms with van der Waals surface area (Å²) in [6, 6.07) is 5.05. The fraction of sp³-hybridized carbons (Fsp3) is 0.562. The van der Waals surface area contributed by atoms with E-state index in [2.05, 4.69) is 0 Å². The Morgan fingerprint density at radius 2 is 1.77 bits per heavy atom. The third-order valence-corrected chi connectivity index (χ3v) is 4.10. The molecule has 1 aromatic carbocycles. The quantitative estimate of drug-likeness (QED) is 0.554. The minimum Gasteiger partial charge on any atom is -0.466 e. The van der Waals surface area contributed by atoms with Crippen LogP contribution in [-0.2, 0) is 14.3 Å². The first-order chi connectivity index (χ1) is 10.4. The van der Waals surface area contributed by atoms with Gasteiger partial charge >= 0.3 is 5.97 Å². The minimum absolute atomic E-state index is 0.0698. The summed E-state index contributed by atoms with van der Waals surface area (Å²) < 4.78 is 10.8. The van der Waals surface area contributed by atoms with Gasteiger partial charge in [0.25, 0.3) is 0 Å². The van der Waals surface area contributed by atoms with Crippen molar-refractivity contribution in [3.63, 3.8) is 0 Å². The van der Waals surface area contributed by atoms with Crippen LogP contribution in [-0.4, -0.2) is 23.5 Å². The van der Waals surface area contributed by atoms with E-state index in [-0.39, 0.29) is 13.0 Å². The molecule has 0 fully saturated rings. The summed E-state index contributed by atoms with van der Waals surface area (Å²) >= 11 is 12.4. The molecule has 0 aliphatic heterocycles. The lowest BCUT2D eigenvalue weighted by molar-refractivity contribution is -0.237. The number of ether oxygens (including phenoxy) is 2. The number of hydrogen-bond donors (Lipinski definition) is 1.